The van der Waals surface area contributed by atoms with E-state index in [9.17, 15) is 0 Å². The van der Waals surface area contributed by atoms with Crippen LogP contribution in [0.1, 0.15) is 31.3 Å². The molecule has 0 amide bonds. The van der Waals surface area contributed by atoms with E-state index in [2.05, 4.69) is 15.3 Å². The van der Waals surface area contributed by atoms with Gasteiger partial charge in [0.25, 0.3) is 0 Å². The molecule has 112 valence electrons. The molecule has 1 unspecified atom stereocenters. The lowest BCUT2D eigenvalue weighted by atomic mass is 10.1. The van der Waals surface area contributed by atoms with Crippen molar-refractivity contribution in [3.63, 3.8) is 0 Å². The van der Waals surface area contributed by atoms with Crippen molar-refractivity contribution in [2.45, 2.75) is 26.5 Å². The number of ether oxygens (including phenoxy) is 1. The summed E-state index contributed by atoms with van der Waals surface area (Å²) in [6.45, 7) is 4.91. The van der Waals surface area contributed by atoms with Crippen LogP contribution in [-0.2, 0) is 11.3 Å². The SMILES string of the molecule is CCOCc1nc(Cl)cc(NC(C)c2cccc(Cl)c2)n1. The fraction of sp³-hybridized carbons (Fsp3) is 0.333. The predicted molar refractivity (Wildman–Crippen MR) is 85.9 cm³/mol. The zero-order chi connectivity index (χ0) is 15.2. The molecule has 1 aromatic heterocycles. The van der Waals surface area contributed by atoms with Gasteiger partial charge in [-0.2, -0.15) is 0 Å². The Labute approximate surface area is 134 Å². The van der Waals surface area contributed by atoms with Gasteiger partial charge >= 0.3 is 0 Å². The van der Waals surface area contributed by atoms with Crippen molar-refractivity contribution in [3.05, 3.63) is 51.9 Å². The number of nitrogens with zero attached hydrogens (tertiary/aromatic N) is 2. The van der Waals surface area contributed by atoms with Crippen molar-refractivity contribution < 1.29 is 4.74 Å². The molecule has 0 bridgehead atoms. The van der Waals surface area contributed by atoms with E-state index in [0.717, 1.165) is 5.56 Å². The zero-order valence-electron chi connectivity index (χ0n) is 11.9. The second kappa shape index (κ2) is 7.59. The van der Waals surface area contributed by atoms with Crippen LogP contribution >= 0.6 is 23.2 Å². The van der Waals surface area contributed by atoms with Crippen LogP contribution in [0.2, 0.25) is 10.2 Å². The molecule has 0 aliphatic heterocycles. The molecular formula is C15H17Cl2N3O. The molecule has 4 nitrogen and oxygen atoms in total. The van der Waals surface area contributed by atoms with Crippen molar-refractivity contribution in [2.75, 3.05) is 11.9 Å². The fourth-order valence-electron chi connectivity index (χ4n) is 1.88. The number of hydrogen-bond donors (Lipinski definition) is 1. The number of halogens is 2. The molecule has 0 aliphatic carbocycles. The van der Waals surface area contributed by atoms with Crippen LogP contribution < -0.4 is 5.32 Å². The highest BCUT2D eigenvalue weighted by atomic mass is 35.5. The first-order chi connectivity index (χ1) is 10.1. The molecule has 0 spiro atoms. The third kappa shape index (κ3) is 4.84. The van der Waals surface area contributed by atoms with Gasteiger partial charge in [-0.1, -0.05) is 35.3 Å². The highest BCUT2D eigenvalue weighted by Gasteiger charge is 2.09. The normalized spacial score (nSPS) is 12.2. The molecule has 6 heteroatoms. The summed E-state index contributed by atoms with van der Waals surface area (Å²) in [4.78, 5) is 8.53. The lowest BCUT2D eigenvalue weighted by Crippen LogP contribution is -2.10. The summed E-state index contributed by atoms with van der Waals surface area (Å²) in [5, 5.41) is 4.39. The third-order valence-electron chi connectivity index (χ3n) is 2.89. The first-order valence-electron chi connectivity index (χ1n) is 6.71. The van der Waals surface area contributed by atoms with Crippen molar-refractivity contribution in [3.8, 4) is 0 Å². The Morgan fingerprint density at radius 3 is 2.76 bits per heavy atom. The van der Waals surface area contributed by atoms with Crippen LogP contribution in [-0.4, -0.2) is 16.6 Å². The van der Waals surface area contributed by atoms with Gasteiger partial charge in [0.1, 0.15) is 17.6 Å². The lowest BCUT2D eigenvalue weighted by Gasteiger charge is -2.16. The molecule has 1 aromatic carbocycles. The van der Waals surface area contributed by atoms with Gasteiger partial charge in [0.15, 0.2) is 5.82 Å². The van der Waals surface area contributed by atoms with Crippen LogP contribution in [0.4, 0.5) is 5.82 Å². The minimum absolute atomic E-state index is 0.0506. The summed E-state index contributed by atoms with van der Waals surface area (Å²) >= 11 is 12.0. The second-order valence-corrected chi connectivity index (χ2v) is 5.37. The van der Waals surface area contributed by atoms with E-state index in [1.807, 2.05) is 38.1 Å². The number of anilines is 1. The molecule has 2 aromatic rings. The molecule has 0 aliphatic rings. The monoisotopic (exact) mass is 325 g/mol. The summed E-state index contributed by atoms with van der Waals surface area (Å²) in [7, 11) is 0. The Kier molecular flexibility index (Phi) is 5.79. The fourth-order valence-corrected chi connectivity index (χ4v) is 2.28. The van der Waals surface area contributed by atoms with E-state index in [4.69, 9.17) is 27.9 Å². The average molecular weight is 326 g/mol. The van der Waals surface area contributed by atoms with Gasteiger partial charge in [-0.05, 0) is 31.5 Å². The van der Waals surface area contributed by atoms with E-state index in [1.165, 1.54) is 0 Å². The van der Waals surface area contributed by atoms with Crippen LogP contribution in [0.25, 0.3) is 0 Å². The smallest absolute Gasteiger partial charge is 0.158 e. The topological polar surface area (TPSA) is 47.0 Å². The van der Waals surface area contributed by atoms with Gasteiger partial charge in [0.2, 0.25) is 0 Å². The number of rotatable bonds is 6. The maximum atomic E-state index is 6.02. The summed E-state index contributed by atoms with van der Waals surface area (Å²) in [5.41, 5.74) is 1.07. The maximum Gasteiger partial charge on any atom is 0.158 e. The van der Waals surface area contributed by atoms with Crippen molar-refractivity contribution >= 4 is 29.0 Å². The maximum absolute atomic E-state index is 6.02. The molecule has 0 fully saturated rings. The number of hydrogen-bond acceptors (Lipinski definition) is 4. The van der Waals surface area contributed by atoms with Crippen LogP contribution in [0.3, 0.4) is 0 Å². The highest BCUT2D eigenvalue weighted by molar-refractivity contribution is 6.30. The van der Waals surface area contributed by atoms with Crippen molar-refractivity contribution in [1.82, 2.24) is 9.97 Å². The molecule has 1 heterocycles. The van der Waals surface area contributed by atoms with Crippen LogP contribution in [0.15, 0.2) is 30.3 Å². The van der Waals surface area contributed by atoms with Crippen LogP contribution in [0, 0.1) is 0 Å². The minimum atomic E-state index is 0.0506. The van der Waals surface area contributed by atoms with E-state index in [1.54, 1.807) is 6.07 Å². The van der Waals surface area contributed by atoms with Gasteiger partial charge in [-0.3, -0.25) is 0 Å². The quantitative estimate of drug-likeness (QED) is 0.795. The summed E-state index contributed by atoms with van der Waals surface area (Å²) < 4.78 is 5.31. The highest BCUT2D eigenvalue weighted by Crippen LogP contribution is 2.22. The second-order valence-electron chi connectivity index (χ2n) is 4.55. The Bertz CT molecular complexity index is 607. The van der Waals surface area contributed by atoms with Gasteiger partial charge in [-0.25, -0.2) is 9.97 Å². The molecule has 0 radical (unpaired) electrons. The van der Waals surface area contributed by atoms with Crippen LogP contribution in [0.5, 0.6) is 0 Å². The Balaban J connectivity index is 2.13. The Hall–Kier alpha value is -1.36. The Morgan fingerprint density at radius 2 is 2.05 bits per heavy atom. The molecule has 0 saturated carbocycles. The first kappa shape index (κ1) is 16.0. The van der Waals surface area contributed by atoms with Gasteiger partial charge in [-0.15, -0.1) is 0 Å². The standard InChI is InChI=1S/C15H17Cl2N3O/c1-3-21-9-15-19-13(17)8-14(20-15)18-10(2)11-5-4-6-12(16)7-11/h4-8,10H,3,9H2,1-2H3,(H,18,19,20). The van der Waals surface area contributed by atoms with Crippen molar-refractivity contribution in [2.24, 2.45) is 0 Å². The molecule has 0 saturated heterocycles. The lowest BCUT2D eigenvalue weighted by molar-refractivity contribution is 0.128. The van der Waals surface area contributed by atoms with Gasteiger partial charge in [0, 0.05) is 23.7 Å². The molecule has 1 N–H and O–H groups in total. The van der Waals surface area contributed by atoms with E-state index >= 15 is 0 Å². The first-order valence-corrected chi connectivity index (χ1v) is 7.47. The number of benzene rings is 1. The predicted octanol–water partition coefficient (Wildman–Crippen LogP) is 4.49. The molecule has 2 rings (SSSR count). The van der Waals surface area contributed by atoms with E-state index in [-0.39, 0.29) is 6.04 Å². The van der Waals surface area contributed by atoms with Gasteiger partial charge < -0.3 is 10.1 Å². The summed E-state index contributed by atoms with van der Waals surface area (Å²) in [5.74, 6) is 1.22. The minimum Gasteiger partial charge on any atom is -0.374 e. The zero-order valence-corrected chi connectivity index (χ0v) is 13.4. The molecular weight excluding hydrogens is 309 g/mol. The molecule has 1 atom stereocenters. The van der Waals surface area contributed by atoms with E-state index in [0.29, 0.717) is 35.0 Å². The average Bonchev–Trinajstić information content (AvgIpc) is 2.44. The van der Waals surface area contributed by atoms with Gasteiger partial charge in [0.05, 0.1) is 0 Å². The largest absolute Gasteiger partial charge is 0.374 e. The third-order valence-corrected chi connectivity index (χ3v) is 3.32. The Morgan fingerprint density at radius 1 is 1.24 bits per heavy atom. The summed E-state index contributed by atoms with van der Waals surface area (Å²) in [6, 6.07) is 9.44. The molecule has 21 heavy (non-hydrogen) atoms. The van der Waals surface area contributed by atoms with E-state index < -0.39 is 0 Å². The summed E-state index contributed by atoms with van der Waals surface area (Å²) in [6.07, 6.45) is 0. The number of aromatic nitrogens is 2. The van der Waals surface area contributed by atoms with Crippen molar-refractivity contribution in [1.29, 1.82) is 0 Å². The number of nitrogens with one attached hydrogen (secondary N) is 1.